The summed E-state index contributed by atoms with van der Waals surface area (Å²) in [5.74, 6) is -1.28. The van der Waals surface area contributed by atoms with Crippen molar-refractivity contribution >= 4 is 17.8 Å². The number of aliphatic carboxylic acids is 1. The minimum absolute atomic E-state index is 0.0672. The Morgan fingerprint density at radius 1 is 0.551 bits per heavy atom. The monoisotopic (exact) mass is 690 g/mol. The fourth-order valence-corrected chi connectivity index (χ4v) is 6.23. The van der Waals surface area contributed by atoms with Crippen molar-refractivity contribution in [3.8, 4) is 0 Å². The van der Waals surface area contributed by atoms with Crippen LogP contribution in [0.5, 0.6) is 0 Å². The second-order valence-electron chi connectivity index (χ2n) is 14.3. The smallest absolute Gasteiger partial charge is 0.322 e. The lowest BCUT2D eigenvalue weighted by Gasteiger charge is -2.14. The first-order valence-electron chi connectivity index (χ1n) is 21.0. The van der Waals surface area contributed by atoms with Crippen LogP contribution in [0.15, 0.2) is 24.3 Å². The van der Waals surface area contributed by atoms with E-state index in [9.17, 15) is 14.4 Å². The molecule has 0 radical (unpaired) electrons. The van der Waals surface area contributed by atoms with Crippen molar-refractivity contribution in [2.75, 3.05) is 6.54 Å². The molecule has 0 saturated heterocycles. The fourth-order valence-electron chi connectivity index (χ4n) is 6.23. The Morgan fingerprint density at radius 3 is 1.51 bits per heavy atom. The van der Waals surface area contributed by atoms with E-state index in [-0.39, 0.29) is 24.5 Å². The predicted octanol–water partition coefficient (Wildman–Crippen LogP) is 12.7. The summed E-state index contributed by atoms with van der Waals surface area (Å²) in [7, 11) is 0. The molecule has 0 saturated carbocycles. The zero-order valence-electron chi connectivity index (χ0n) is 32.3. The van der Waals surface area contributed by atoms with Crippen molar-refractivity contribution in [1.29, 1.82) is 0 Å². The van der Waals surface area contributed by atoms with Crippen LogP contribution in [-0.4, -0.2) is 35.6 Å². The Kier molecular flexibility index (Phi) is 37.0. The number of amides is 1. The summed E-state index contributed by atoms with van der Waals surface area (Å²) in [5.41, 5.74) is 0. The maximum Gasteiger partial charge on any atom is 0.322 e. The van der Waals surface area contributed by atoms with Gasteiger partial charge in [0.05, 0.1) is 0 Å². The molecule has 1 unspecified atom stereocenters. The fraction of sp³-hybridized carbons (Fsp3) is 0.837. The highest BCUT2D eigenvalue weighted by Gasteiger charge is 2.11. The molecular weight excluding hydrogens is 610 g/mol. The third kappa shape index (κ3) is 38.5. The van der Waals surface area contributed by atoms with Gasteiger partial charge in [0, 0.05) is 12.8 Å². The molecule has 286 valence electrons. The SMILES string of the molecule is CCCCC/C=C\C/C=C\C(CCCCCCCCC(=O)NCC(=O)O)OC(=O)CCCCCCCCCCCCCCCCCCCC. The van der Waals surface area contributed by atoms with Crippen LogP contribution in [0, 0.1) is 0 Å². The van der Waals surface area contributed by atoms with Gasteiger partial charge in [-0.1, -0.05) is 180 Å². The lowest BCUT2D eigenvalue weighted by molar-refractivity contribution is -0.147. The van der Waals surface area contributed by atoms with Crippen LogP contribution in [0.2, 0.25) is 0 Å². The number of esters is 1. The van der Waals surface area contributed by atoms with E-state index >= 15 is 0 Å². The molecule has 0 aromatic carbocycles. The Hall–Kier alpha value is -2.11. The van der Waals surface area contributed by atoms with Crippen molar-refractivity contribution in [3.63, 3.8) is 0 Å². The van der Waals surface area contributed by atoms with Crippen LogP contribution in [0.25, 0.3) is 0 Å². The lowest BCUT2D eigenvalue weighted by atomic mass is 10.0. The molecule has 6 heteroatoms. The Labute approximate surface area is 303 Å². The van der Waals surface area contributed by atoms with Crippen molar-refractivity contribution in [2.45, 2.75) is 225 Å². The Balaban J connectivity index is 4.05. The normalized spacial score (nSPS) is 12.2. The zero-order chi connectivity index (χ0) is 35.9. The molecule has 1 amide bonds. The van der Waals surface area contributed by atoms with Gasteiger partial charge < -0.3 is 15.2 Å². The standard InChI is InChI=1S/C43H79NO5/c1-3-5-7-9-11-13-14-15-16-17-18-19-20-21-22-24-30-34-38-43(48)49-40(35-31-27-23-12-10-8-6-4-2)36-32-28-25-26-29-33-37-41(45)44-39-42(46)47/h12,23,31,35,40H,3-11,13-22,24-30,32-34,36-39H2,1-2H3,(H,44,45)(H,46,47)/b23-12-,35-31-. The predicted molar refractivity (Wildman–Crippen MR) is 208 cm³/mol. The second kappa shape index (κ2) is 38.7. The number of ether oxygens (including phenoxy) is 1. The summed E-state index contributed by atoms with van der Waals surface area (Å²) in [5, 5.41) is 11.0. The van der Waals surface area contributed by atoms with E-state index in [1.165, 1.54) is 122 Å². The molecule has 0 rings (SSSR count). The number of hydrogen-bond donors (Lipinski definition) is 2. The minimum Gasteiger partial charge on any atom is -0.480 e. The van der Waals surface area contributed by atoms with E-state index in [4.69, 9.17) is 9.84 Å². The summed E-state index contributed by atoms with van der Waals surface area (Å²) in [6, 6.07) is 0. The van der Waals surface area contributed by atoms with E-state index in [1.54, 1.807) is 0 Å². The van der Waals surface area contributed by atoms with Crippen LogP contribution >= 0.6 is 0 Å². The Bertz CT molecular complexity index is 808. The number of carbonyl (C=O) groups is 3. The molecule has 49 heavy (non-hydrogen) atoms. The van der Waals surface area contributed by atoms with Crippen LogP contribution in [-0.2, 0) is 19.1 Å². The van der Waals surface area contributed by atoms with Gasteiger partial charge in [0.2, 0.25) is 5.91 Å². The summed E-state index contributed by atoms with van der Waals surface area (Å²) in [4.78, 5) is 34.8. The number of allylic oxidation sites excluding steroid dienone is 3. The number of hydrogen-bond acceptors (Lipinski definition) is 4. The molecule has 0 fully saturated rings. The number of rotatable bonds is 38. The molecule has 0 bridgehead atoms. The third-order valence-electron chi connectivity index (χ3n) is 9.36. The molecule has 0 aromatic rings. The van der Waals surface area contributed by atoms with Gasteiger partial charge in [0.1, 0.15) is 12.6 Å². The number of carbonyl (C=O) groups excluding carboxylic acids is 2. The molecular formula is C43H79NO5. The number of nitrogens with one attached hydrogen (secondary N) is 1. The molecule has 0 aliphatic rings. The van der Waals surface area contributed by atoms with Crippen molar-refractivity contribution < 1.29 is 24.2 Å². The average Bonchev–Trinajstić information content (AvgIpc) is 3.08. The van der Waals surface area contributed by atoms with Crippen molar-refractivity contribution in [2.24, 2.45) is 0 Å². The van der Waals surface area contributed by atoms with Crippen LogP contribution in [0.1, 0.15) is 219 Å². The molecule has 0 aliphatic heterocycles. The zero-order valence-corrected chi connectivity index (χ0v) is 32.3. The summed E-state index contributed by atoms with van der Waals surface area (Å²) < 4.78 is 5.92. The van der Waals surface area contributed by atoms with E-state index < -0.39 is 5.97 Å². The molecule has 2 N–H and O–H groups in total. The maximum absolute atomic E-state index is 12.7. The summed E-state index contributed by atoms with van der Waals surface area (Å²) in [6.07, 6.45) is 46.1. The van der Waals surface area contributed by atoms with Crippen LogP contribution in [0.3, 0.4) is 0 Å². The molecule has 0 aliphatic carbocycles. The van der Waals surface area contributed by atoms with Gasteiger partial charge in [-0.2, -0.15) is 0 Å². The van der Waals surface area contributed by atoms with Crippen LogP contribution in [0.4, 0.5) is 0 Å². The summed E-state index contributed by atoms with van der Waals surface area (Å²) in [6.45, 7) is 4.20. The van der Waals surface area contributed by atoms with Gasteiger partial charge >= 0.3 is 11.9 Å². The van der Waals surface area contributed by atoms with Gasteiger partial charge in [-0.05, 0) is 51.0 Å². The molecule has 6 nitrogen and oxygen atoms in total. The third-order valence-corrected chi connectivity index (χ3v) is 9.36. The van der Waals surface area contributed by atoms with E-state index in [0.717, 1.165) is 70.6 Å². The first-order chi connectivity index (χ1) is 24.0. The van der Waals surface area contributed by atoms with Crippen molar-refractivity contribution in [1.82, 2.24) is 5.32 Å². The quantitative estimate of drug-likeness (QED) is 0.0382. The topological polar surface area (TPSA) is 92.7 Å². The molecule has 1 atom stereocenters. The second-order valence-corrected chi connectivity index (χ2v) is 14.3. The Morgan fingerprint density at radius 2 is 1.00 bits per heavy atom. The molecule has 0 heterocycles. The van der Waals surface area contributed by atoms with Crippen LogP contribution < -0.4 is 5.32 Å². The van der Waals surface area contributed by atoms with E-state index in [0.29, 0.717) is 12.8 Å². The highest BCUT2D eigenvalue weighted by atomic mass is 16.5. The largest absolute Gasteiger partial charge is 0.480 e. The van der Waals surface area contributed by atoms with Crippen molar-refractivity contribution in [3.05, 3.63) is 24.3 Å². The number of carboxylic acids is 1. The van der Waals surface area contributed by atoms with E-state index in [1.807, 2.05) is 0 Å². The van der Waals surface area contributed by atoms with Gasteiger partial charge in [0.25, 0.3) is 0 Å². The summed E-state index contributed by atoms with van der Waals surface area (Å²) >= 11 is 0. The van der Waals surface area contributed by atoms with Gasteiger partial charge in [-0.15, -0.1) is 0 Å². The van der Waals surface area contributed by atoms with Gasteiger partial charge in [-0.25, -0.2) is 0 Å². The average molecular weight is 690 g/mol. The maximum atomic E-state index is 12.7. The van der Waals surface area contributed by atoms with Gasteiger partial charge in [-0.3, -0.25) is 14.4 Å². The number of unbranched alkanes of at least 4 members (excludes halogenated alkanes) is 25. The lowest BCUT2D eigenvalue weighted by Crippen LogP contribution is -2.28. The minimum atomic E-state index is -1.02. The highest BCUT2D eigenvalue weighted by molar-refractivity contribution is 5.80. The molecule has 0 spiro atoms. The highest BCUT2D eigenvalue weighted by Crippen LogP contribution is 2.17. The first-order valence-corrected chi connectivity index (χ1v) is 21.0. The van der Waals surface area contributed by atoms with E-state index in [2.05, 4.69) is 43.5 Å². The first kappa shape index (κ1) is 46.9. The van der Waals surface area contributed by atoms with Gasteiger partial charge in [0.15, 0.2) is 0 Å². The number of carboxylic acid groups (broad SMARTS) is 1. The molecule has 0 aromatic heterocycles.